The van der Waals surface area contributed by atoms with Gasteiger partial charge in [-0.25, -0.2) is 0 Å². The Morgan fingerprint density at radius 3 is 2.75 bits per heavy atom. The van der Waals surface area contributed by atoms with Gasteiger partial charge >= 0.3 is 0 Å². The van der Waals surface area contributed by atoms with Crippen LogP contribution in [0.5, 0.6) is 0 Å². The van der Waals surface area contributed by atoms with E-state index in [0.29, 0.717) is 12.1 Å². The van der Waals surface area contributed by atoms with Crippen molar-refractivity contribution in [2.75, 3.05) is 13.2 Å². The van der Waals surface area contributed by atoms with Crippen LogP contribution in [-0.2, 0) is 11.2 Å². The van der Waals surface area contributed by atoms with Crippen molar-refractivity contribution in [1.82, 2.24) is 5.32 Å². The molecule has 2 nitrogen and oxygen atoms in total. The third kappa shape index (κ3) is 4.92. The van der Waals surface area contributed by atoms with E-state index in [1.807, 2.05) is 0 Å². The summed E-state index contributed by atoms with van der Waals surface area (Å²) in [7, 11) is 0. The zero-order valence-corrected chi connectivity index (χ0v) is 13.0. The molecule has 0 spiro atoms. The number of rotatable bonds is 7. The summed E-state index contributed by atoms with van der Waals surface area (Å²) in [4.78, 5) is 0. The van der Waals surface area contributed by atoms with Crippen molar-refractivity contribution in [2.45, 2.75) is 58.1 Å². The Balaban J connectivity index is 1.70. The number of likely N-dealkylation sites (N-methyl/N-ethyl adjacent to an activating group) is 1. The highest BCUT2D eigenvalue weighted by Crippen LogP contribution is 2.26. The van der Waals surface area contributed by atoms with Crippen LogP contribution < -0.4 is 5.32 Å². The average molecular weight is 275 g/mol. The first-order valence-corrected chi connectivity index (χ1v) is 8.18. The summed E-state index contributed by atoms with van der Waals surface area (Å²) in [5, 5.41) is 3.59. The first-order valence-electron chi connectivity index (χ1n) is 8.18. The van der Waals surface area contributed by atoms with Crippen LogP contribution in [0.4, 0.5) is 0 Å². The van der Waals surface area contributed by atoms with Crippen molar-refractivity contribution in [3.05, 3.63) is 35.9 Å². The third-order valence-electron chi connectivity index (χ3n) is 4.30. The van der Waals surface area contributed by atoms with Gasteiger partial charge in [0.25, 0.3) is 0 Å². The van der Waals surface area contributed by atoms with Gasteiger partial charge in [-0.15, -0.1) is 0 Å². The molecule has 2 heteroatoms. The number of aryl methyl sites for hydroxylation is 1. The molecule has 1 aliphatic rings. The van der Waals surface area contributed by atoms with E-state index in [4.69, 9.17) is 4.74 Å². The largest absolute Gasteiger partial charge is 0.377 e. The second kappa shape index (κ2) is 8.43. The van der Waals surface area contributed by atoms with E-state index in [-0.39, 0.29) is 0 Å². The standard InChI is InChI=1S/C18H29NO/c1-3-19-17-12-11-15(2)14-18(17)20-13-7-10-16-8-5-4-6-9-16/h4-6,8-9,15,17-19H,3,7,10-14H2,1-2H3. The van der Waals surface area contributed by atoms with Crippen molar-refractivity contribution in [3.8, 4) is 0 Å². The zero-order chi connectivity index (χ0) is 14.2. The Morgan fingerprint density at radius 1 is 1.20 bits per heavy atom. The van der Waals surface area contributed by atoms with E-state index >= 15 is 0 Å². The molecule has 1 aliphatic carbocycles. The van der Waals surface area contributed by atoms with Gasteiger partial charge in [0.05, 0.1) is 6.10 Å². The molecule has 0 aliphatic heterocycles. The van der Waals surface area contributed by atoms with Gasteiger partial charge < -0.3 is 10.1 Å². The maximum absolute atomic E-state index is 6.18. The van der Waals surface area contributed by atoms with Gasteiger partial charge in [0.2, 0.25) is 0 Å². The molecular weight excluding hydrogens is 246 g/mol. The minimum atomic E-state index is 0.412. The minimum absolute atomic E-state index is 0.412. The first-order chi connectivity index (χ1) is 9.79. The lowest BCUT2D eigenvalue weighted by atomic mass is 9.85. The van der Waals surface area contributed by atoms with E-state index < -0.39 is 0 Å². The van der Waals surface area contributed by atoms with E-state index in [1.165, 1.54) is 24.8 Å². The summed E-state index contributed by atoms with van der Waals surface area (Å²) in [6, 6.07) is 11.3. The van der Waals surface area contributed by atoms with Gasteiger partial charge in [-0.1, -0.05) is 44.2 Å². The second-order valence-electron chi connectivity index (χ2n) is 6.08. The minimum Gasteiger partial charge on any atom is -0.377 e. The lowest BCUT2D eigenvalue weighted by Gasteiger charge is -2.35. The fraction of sp³-hybridized carbons (Fsp3) is 0.667. The van der Waals surface area contributed by atoms with Gasteiger partial charge in [-0.2, -0.15) is 0 Å². The van der Waals surface area contributed by atoms with Crippen molar-refractivity contribution in [3.63, 3.8) is 0 Å². The SMILES string of the molecule is CCNC1CCC(C)CC1OCCCc1ccccc1. The number of hydrogen-bond donors (Lipinski definition) is 1. The molecule has 112 valence electrons. The Kier molecular flexibility index (Phi) is 6.55. The third-order valence-corrected chi connectivity index (χ3v) is 4.30. The van der Waals surface area contributed by atoms with Crippen LogP contribution in [0.25, 0.3) is 0 Å². The number of hydrogen-bond acceptors (Lipinski definition) is 2. The van der Waals surface area contributed by atoms with Gasteiger partial charge in [0.15, 0.2) is 0 Å². The maximum Gasteiger partial charge on any atom is 0.0730 e. The lowest BCUT2D eigenvalue weighted by molar-refractivity contribution is -0.00794. The van der Waals surface area contributed by atoms with E-state index in [2.05, 4.69) is 49.5 Å². The predicted molar refractivity (Wildman–Crippen MR) is 85.0 cm³/mol. The first kappa shape index (κ1) is 15.5. The molecule has 1 N–H and O–H groups in total. The van der Waals surface area contributed by atoms with Crippen LogP contribution in [-0.4, -0.2) is 25.3 Å². The molecule has 3 atom stereocenters. The molecule has 2 rings (SSSR count). The smallest absolute Gasteiger partial charge is 0.0730 e. The second-order valence-corrected chi connectivity index (χ2v) is 6.08. The van der Waals surface area contributed by atoms with Gasteiger partial charge in [0, 0.05) is 12.6 Å². The average Bonchev–Trinajstić information content (AvgIpc) is 2.47. The number of ether oxygens (including phenoxy) is 1. The van der Waals surface area contributed by atoms with Crippen LogP contribution in [0.1, 0.15) is 45.1 Å². The number of benzene rings is 1. The molecule has 0 radical (unpaired) electrons. The quantitative estimate of drug-likeness (QED) is 0.764. The molecule has 20 heavy (non-hydrogen) atoms. The molecule has 0 bridgehead atoms. The topological polar surface area (TPSA) is 21.3 Å². The molecule has 1 aromatic carbocycles. The summed E-state index contributed by atoms with van der Waals surface area (Å²) < 4.78 is 6.18. The van der Waals surface area contributed by atoms with Crippen LogP contribution in [0, 0.1) is 5.92 Å². The highest BCUT2D eigenvalue weighted by Gasteiger charge is 2.28. The zero-order valence-electron chi connectivity index (χ0n) is 13.0. The highest BCUT2D eigenvalue weighted by atomic mass is 16.5. The molecule has 1 fully saturated rings. The monoisotopic (exact) mass is 275 g/mol. The van der Waals surface area contributed by atoms with E-state index in [0.717, 1.165) is 31.9 Å². The molecule has 1 saturated carbocycles. The molecule has 0 aromatic heterocycles. The lowest BCUT2D eigenvalue weighted by Crippen LogP contribution is -2.45. The normalized spacial score (nSPS) is 26.6. The Hall–Kier alpha value is -0.860. The van der Waals surface area contributed by atoms with Gasteiger partial charge in [0.1, 0.15) is 0 Å². The van der Waals surface area contributed by atoms with E-state index in [1.54, 1.807) is 0 Å². The fourth-order valence-electron chi connectivity index (χ4n) is 3.16. The predicted octanol–water partition coefficient (Wildman–Crippen LogP) is 3.80. The van der Waals surface area contributed by atoms with Crippen molar-refractivity contribution in [2.24, 2.45) is 5.92 Å². The number of nitrogens with one attached hydrogen (secondary N) is 1. The summed E-state index contributed by atoms with van der Waals surface area (Å²) in [5.74, 6) is 0.809. The molecule has 0 heterocycles. The fourth-order valence-corrected chi connectivity index (χ4v) is 3.16. The maximum atomic E-state index is 6.18. The highest BCUT2D eigenvalue weighted by molar-refractivity contribution is 5.14. The van der Waals surface area contributed by atoms with Crippen LogP contribution in [0.15, 0.2) is 30.3 Å². The summed E-state index contributed by atoms with van der Waals surface area (Å²) in [6.45, 7) is 6.46. The Morgan fingerprint density at radius 2 is 2.00 bits per heavy atom. The summed E-state index contributed by atoms with van der Waals surface area (Å²) in [5.41, 5.74) is 1.41. The van der Waals surface area contributed by atoms with Crippen molar-refractivity contribution < 1.29 is 4.74 Å². The van der Waals surface area contributed by atoms with Gasteiger partial charge in [-0.05, 0) is 50.1 Å². The van der Waals surface area contributed by atoms with Crippen molar-refractivity contribution >= 4 is 0 Å². The molecular formula is C18H29NO. The van der Waals surface area contributed by atoms with E-state index in [9.17, 15) is 0 Å². The Labute approximate surface area is 123 Å². The molecule has 3 unspecified atom stereocenters. The van der Waals surface area contributed by atoms with Crippen LogP contribution in [0.3, 0.4) is 0 Å². The van der Waals surface area contributed by atoms with Gasteiger partial charge in [-0.3, -0.25) is 0 Å². The Bertz CT molecular complexity index is 365. The van der Waals surface area contributed by atoms with Crippen molar-refractivity contribution in [1.29, 1.82) is 0 Å². The molecule has 1 aromatic rings. The molecule has 0 saturated heterocycles. The summed E-state index contributed by atoms with van der Waals surface area (Å²) in [6.07, 6.45) is 6.46. The van der Waals surface area contributed by atoms with Crippen LogP contribution in [0.2, 0.25) is 0 Å². The summed E-state index contributed by atoms with van der Waals surface area (Å²) >= 11 is 0. The van der Waals surface area contributed by atoms with Crippen LogP contribution >= 0.6 is 0 Å². The molecule has 0 amide bonds.